The summed E-state index contributed by atoms with van der Waals surface area (Å²) in [6.07, 6.45) is 11.4. The Kier molecular flexibility index (Phi) is 4.04. The monoisotopic (exact) mass is 325 g/mol. The van der Waals surface area contributed by atoms with Gasteiger partial charge in [-0.05, 0) is 12.0 Å². The van der Waals surface area contributed by atoms with E-state index >= 15 is 0 Å². The number of halogens is 1. The van der Waals surface area contributed by atoms with Crippen LogP contribution in [0.1, 0.15) is 37.9 Å². The molecule has 2 heterocycles. The number of benzene rings is 1. The number of hydrogen-bond acceptors (Lipinski definition) is 2. The molecule has 0 radical (unpaired) electrons. The van der Waals surface area contributed by atoms with Crippen molar-refractivity contribution in [3.8, 4) is 11.3 Å². The molecule has 118 valence electrons. The molecular formula is C19H20ClN3. The summed E-state index contributed by atoms with van der Waals surface area (Å²) in [4.78, 5) is 12.6. The lowest BCUT2D eigenvalue weighted by Gasteiger charge is -2.20. The Bertz CT molecular complexity index is 818. The molecule has 0 spiro atoms. The van der Waals surface area contributed by atoms with E-state index in [1.807, 2.05) is 18.3 Å². The lowest BCUT2D eigenvalue weighted by atomic mass is 9.87. The van der Waals surface area contributed by atoms with Crippen LogP contribution in [-0.4, -0.2) is 15.0 Å². The molecule has 1 aliphatic rings. The Hall–Kier alpha value is -1.87. The molecule has 0 bridgehead atoms. The molecule has 0 saturated heterocycles. The van der Waals surface area contributed by atoms with Gasteiger partial charge in [0, 0.05) is 35.3 Å². The van der Waals surface area contributed by atoms with Crippen LogP contribution in [0, 0.1) is 5.92 Å². The standard InChI is InChI=1S/C19H20ClN3/c20-16-12-22-18(10-13-6-2-1-3-7-13)23-19(16)15-11-21-17-9-5-4-8-14(15)17/h4-5,8-9,11-13,21H,1-3,6-7,10H2. The van der Waals surface area contributed by atoms with Gasteiger partial charge in [-0.2, -0.15) is 0 Å². The van der Waals surface area contributed by atoms with Crippen LogP contribution >= 0.6 is 11.6 Å². The summed E-state index contributed by atoms with van der Waals surface area (Å²) in [7, 11) is 0. The van der Waals surface area contributed by atoms with Gasteiger partial charge in [0.05, 0.1) is 10.7 Å². The van der Waals surface area contributed by atoms with Crippen molar-refractivity contribution < 1.29 is 0 Å². The van der Waals surface area contributed by atoms with Crippen molar-refractivity contribution in [3.05, 3.63) is 47.5 Å². The maximum atomic E-state index is 6.39. The van der Waals surface area contributed by atoms with Gasteiger partial charge in [0.2, 0.25) is 0 Å². The van der Waals surface area contributed by atoms with Crippen LogP contribution in [0.15, 0.2) is 36.7 Å². The van der Waals surface area contributed by atoms with Gasteiger partial charge in [0.15, 0.2) is 0 Å². The Balaban J connectivity index is 1.69. The highest BCUT2D eigenvalue weighted by Crippen LogP contribution is 2.32. The first-order valence-corrected chi connectivity index (χ1v) is 8.77. The van der Waals surface area contributed by atoms with E-state index in [0.29, 0.717) is 5.02 Å². The van der Waals surface area contributed by atoms with Crippen molar-refractivity contribution in [2.75, 3.05) is 0 Å². The fraction of sp³-hybridized carbons (Fsp3) is 0.368. The maximum absolute atomic E-state index is 6.39. The van der Waals surface area contributed by atoms with Crippen LogP contribution in [-0.2, 0) is 6.42 Å². The first kappa shape index (κ1) is 14.7. The Morgan fingerprint density at radius 1 is 1.13 bits per heavy atom. The molecule has 1 aliphatic carbocycles. The van der Waals surface area contributed by atoms with E-state index in [0.717, 1.165) is 40.3 Å². The predicted molar refractivity (Wildman–Crippen MR) is 94.6 cm³/mol. The number of aromatic amines is 1. The third-order valence-corrected chi connectivity index (χ3v) is 5.11. The van der Waals surface area contributed by atoms with Crippen LogP contribution < -0.4 is 0 Å². The van der Waals surface area contributed by atoms with E-state index in [2.05, 4.69) is 22.1 Å². The fourth-order valence-electron chi connectivity index (χ4n) is 3.61. The largest absolute Gasteiger partial charge is 0.360 e. The highest BCUT2D eigenvalue weighted by atomic mass is 35.5. The first-order valence-electron chi connectivity index (χ1n) is 8.39. The third-order valence-electron chi connectivity index (χ3n) is 4.83. The summed E-state index contributed by atoms with van der Waals surface area (Å²) >= 11 is 6.39. The topological polar surface area (TPSA) is 41.6 Å². The molecule has 3 aromatic rings. The fourth-order valence-corrected chi connectivity index (χ4v) is 3.80. The Labute approximate surface area is 141 Å². The maximum Gasteiger partial charge on any atom is 0.129 e. The Morgan fingerprint density at radius 3 is 2.83 bits per heavy atom. The zero-order valence-electron chi connectivity index (χ0n) is 13.1. The summed E-state index contributed by atoms with van der Waals surface area (Å²) in [6, 6.07) is 8.23. The average Bonchev–Trinajstić information content (AvgIpc) is 3.01. The number of rotatable bonds is 3. The summed E-state index contributed by atoms with van der Waals surface area (Å²) in [5.74, 6) is 1.64. The van der Waals surface area contributed by atoms with Crippen molar-refractivity contribution in [1.82, 2.24) is 15.0 Å². The summed E-state index contributed by atoms with van der Waals surface area (Å²) in [5.41, 5.74) is 2.99. The second kappa shape index (κ2) is 6.32. The molecule has 1 N–H and O–H groups in total. The highest BCUT2D eigenvalue weighted by molar-refractivity contribution is 6.33. The number of aromatic nitrogens is 3. The molecule has 1 fully saturated rings. The lowest BCUT2D eigenvalue weighted by Crippen LogP contribution is -2.11. The number of fused-ring (bicyclic) bond motifs is 1. The Morgan fingerprint density at radius 2 is 1.96 bits per heavy atom. The quantitative estimate of drug-likeness (QED) is 0.700. The number of H-pyrrole nitrogens is 1. The molecule has 0 amide bonds. The van der Waals surface area contributed by atoms with Crippen molar-refractivity contribution in [2.24, 2.45) is 5.92 Å². The molecule has 4 heteroatoms. The SMILES string of the molecule is Clc1cnc(CC2CCCCC2)nc1-c1c[nH]c2ccccc12. The molecule has 0 unspecified atom stereocenters. The second-order valence-electron chi connectivity index (χ2n) is 6.44. The highest BCUT2D eigenvalue weighted by Gasteiger charge is 2.17. The summed E-state index contributed by atoms with van der Waals surface area (Å²) < 4.78 is 0. The molecule has 3 nitrogen and oxygen atoms in total. The summed E-state index contributed by atoms with van der Waals surface area (Å²) in [6.45, 7) is 0. The van der Waals surface area contributed by atoms with Crippen molar-refractivity contribution in [2.45, 2.75) is 38.5 Å². The smallest absolute Gasteiger partial charge is 0.129 e. The molecule has 2 aromatic heterocycles. The molecule has 4 rings (SSSR count). The summed E-state index contributed by atoms with van der Waals surface area (Å²) in [5, 5.41) is 1.76. The molecule has 1 aromatic carbocycles. The van der Waals surface area contributed by atoms with Gasteiger partial charge in [0.1, 0.15) is 5.82 Å². The van der Waals surface area contributed by atoms with Gasteiger partial charge in [-0.15, -0.1) is 0 Å². The number of para-hydroxylation sites is 1. The molecule has 23 heavy (non-hydrogen) atoms. The van der Waals surface area contributed by atoms with E-state index in [1.54, 1.807) is 6.20 Å². The van der Waals surface area contributed by atoms with Crippen molar-refractivity contribution in [1.29, 1.82) is 0 Å². The van der Waals surface area contributed by atoms with Crippen molar-refractivity contribution in [3.63, 3.8) is 0 Å². The van der Waals surface area contributed by atoms with Gasteiger partial charge >= 0.3 is 0 Å². The molecular weight excluding hydrogens is 306 g/mol. The van der Waals surface area contributed by atoms with E-state index in [4.69, 9.17) is 16.6 Å². The number of nitrogens with one attached hydrogen (secondary N) is 1. The van der Waals surface area contributed by atoms with Gasteiger partial charge in [-0.3, -0.25) is 0 Å². The van der Waals surface area contributed by atoms with Gasteiger partial charge in [0.25, 0.3) is 0 Å². The van der Waals surface area contributed by atoms with E-state index in [9.17, 15) is 0 Å². The van der Waals surface area contributed by atoms with Crippen molar-refractivity contribution >= 4 is 22.5 Å². The lowest BCUT2D eigenvalue weighted by molar-refractivity contribution is 0.351. The predicted octanol–water partition coefficient (Wildman–Crippen LogP) is 5.40. The van der Waals surface area contributed by atoms with E-state index < -0.39 is 0 Å². The van der Waals surface area contributed by atoms with E-state index in [-0.39, 0.29) is 0 Å². The first-order chi connectivity index (χ1) is 11.3. The molecule has 0 atom stereocenters. The number of hydrogen-bond donors (Lipinski definition) is 1. The number of nitrogens with zero attached hydrogens (tertiary/aromatic N) is 2. The van der Waals surface area contributed by atoms with Crippen LogP contribution in [0.25, 0.3) is 22.2 Å². The average molecular weight is 326 g/mol. The van der Waals surface area contributed by atoms with E-state index in [1.165, 1.54) is 32.1 Å². The minimum absolute atomic E-state index is 0.613. The minimum Gasteiger partial charge on any atom is -0.360 e. The van der Waals surface area contributed by atoms with Crippen LogP contribution in [0.2, 0.25) is 5.02 Å². The molecule has 0 aliphatic heterocycles. The second-order valence-corrected chi connectivity index (χ2v) is 6.85. The van der Waals surface area contributed by atoms with Crippen LogP contribution in [0.4, 0.5) is 0 Å². The zero-order chi connectivity index (χ0) is 15.6. The third kappa shape index (κ3) is 2.98. The minimum atomic E-state index is 0.613. The van der Waals surface area contributed by atoms with Gasteiger partial charge < -0.3 is 4.98 Å². The molecule has 1 saturated carbocycles. The van der Waals surface area contributed by atoms with Gasteiger partial charge in [-0.25, -0.2) is 9.97 Å². The van der Waals surface area contributed by atoms with Crippen LogP contribution in [0.5, 0.6) is 0 Å². The van der Waals surface area contributed by atoms with Gasteiger partial charge in [-0.1, -0.05) is 61.9 Å². The van der Waals surface area contributed by atoms with Crippen LogP contribution in [0.3, 0.4) is 0 Å². The normalized spacial score (nSPS) is 16.0. The zero-order valence-corrected chi connectivity index (χ0v) is 13.8.